The van der Waals surface area contributed by atoms with Crippen LogP contribution < -0.4 is 0 Å². The molecular weight excluding hydrogens is 290 g/mol. The summed E-state index contributed by atoms with van der Waals surface area (Å²) in [4.78, 5) is 22.1. The highest BCUT2D eigenvalue weighted by molar-refractivity contribution is 7.98. The predicted octanol–water partition coefficient (Wildman–Crippen LogP) is 3.51. The summed E-state index contributed by atoms with van der Waals surface area (Å²) in [7, 11) is 0. The minimum atomic E-state index is -0.865. The number of carbonyl (C=O) groups is 1. The second-order valence-electron chi connectivity index (χ2n) is 4.39. The van der Waals surface area contributed by atoms with Gasteiger partial charge in [0.15, 0.2) is 0 Å². The Labute approximate surface area is 125 Å². The number of carboxylic acid groups (broad SMARTS) is 1. The Hall–Kier alpha value is -2.34. The lowest BCUT2D eigenvalue weighted by molar-refractivity contribution is -0.385. The lowest BCUT2D eigenvalue weighted by atomic mass is 10.2. The van der Waals surface area contributed by atoms with E-state index in [-0.39, 0.29) is 17.0 Å². The Kier molecular flexibility index (Phi) is 4.94. The van der Waals surface area contributed by atoms with Crippen LogP contribution >= 0.6 is 11.8 Å². The van der Waals surface area contributed by atoms with E-state index in [0.29, 0.717) is 11.3 Å². The van der Waals surface area contributed by atoms with E-state index in [9.17, 15) is 14.9 Å². The number of nitro groups is 1. The van der Waals surface area contributed by atoms with Gasteiger partial charge in [0.2, 0.25) is 0 Å². The van der Waals surface area contributed by atoms with Crippen LogP contribution in [0, 0.1) is 10.1 Å². The van der Waals surface area contributed by atoms with Crippen LogP contribution in [0.5, 0.6) is 0 Å². The highest BCUT2D eigenvalue weighted by Gasteiger charge is 2.12. The quantitative estimate of drug-likeness (QED) is 0.502. The van der Waals surface area contributed by atoms with E-state index in [4.69, 9.17) is 5.11 Å². The number of thioether (sulfide) groups is 1. The molecule has 2 rings (SSSR count). The molecule has 0 heterocycles. The van der Waals surface area contributed by atoms with Crippen LogP contribution in [0.1, 0.15) is 11.1 Å². The molecule has 0 saturated heterocycles. The van der Waals surface area contributed by atoms with Gasteiger partial charge in [0, 0.05) is 22.3 Å². The van der Waals surface area contributed by atoms with E-state index in [1.54, 1.807) is 30.3 Å². The van der Waals surface area contributed by atoms with Crippen LogP contribution in [-0.4, -0.2) is 16.0 Å². The van der Waals surface area contributed by atoms with E-state index in [2.05, 4.69) is 0 Å². The van der Waals surface area contributed by atoms with Crippen molar-refractivity contribution in [2.24, 2.45) is 0 Å². The summed E-state index contributed by atoms with van der Waals surface area (Å²) in [6, 6.07) is 13.8. The maximum atomic E-state index is 10.9. The molecule has 0 fully saturated rings. The molecule has 0 aliphatic carbocycles. The molecule has 1 N–H and O–H groups in total. The number of nitrogens with zero attached hydrogens (tertiary/aromatic N) is 1. The number of nitro benzene ring substituents is 1. The van der Waals surface area contributed by atoms with Crippen molar-refractivity contribution in [3.8, 4) is 0 Å². The molecule has 0 radical (unpaired) electrons. The highest BCUT2D eigenvalue weighted by Crippen LogP contribution is 2.27. The van der Waals surface area contributed by atoms with Gasteiger partial charge in [-0.05, 0) is 17.7 Å². The summed E-state index contributed by atoms with van der Waals surface area (Å²) in [5, 5.41) is 19.6. The Balaban J connectivity index is 2.03. The van der Waals surface area contributed by atoms with Crippen molar-refractivity contribution in [2.75, 3.05) is 0 Å². The first kappa shape index (κ1) is 15.1. The van der Waals surface area contributed by atoms with Crippen molar-refractivity contribution in [1.29, 1.82) is 0 Å². The first-order valence-corrected chi connectivity index (χ1v) is 7.20. The maximum Gasteiger partial charge on any atom is 0.307 e. The molecule has 0 atom stereocenters. The third-order valence-electron chi connectivity index (χ3n) is 2.86. The van der Waals surface area contributed by atoms with E-state index in [0.717, 1.165) is 10.5 Å². The molecule has 0 aromatic heterocycles. The van der Waals surface area contributed by atoms with Crippen LogP contribution in [0.2, 0.25) is 0 Å². The first-order valence-electron chi connectivity index (χ1n) is 6.22. The average molecular weight is 303 g/mol. The topological polar surface area (TPSA) is 80.4 Å². The smallest absolute Gasteiger partial charge is 0.307 e. The number of rotatable bonds is 6. The van der Waals surface area contributed by atoms with Crippen molar-refractivity contribution < 1.29 is 14.8 Å². The number of para-hydroxylation sites is 1. The van der Waals surface area contributed by atoms with Gasteiger partial charge in [0.1, 0.15) is 0 Å². The number of aliphatic carboxylic acids is 1. The fraction of sp³-hybridized carbons (Fsp3) is 0.133. The molecule has 0 unspecified atom stereocenters. The van der Waals surface area contributed by atoms with Crippen LogP contribution in [-0.2, 0) is 17.0 Å². The zero-order valence-electron chi connectivity index (χ0n) is 11.1. The fourth-order valence-corrected chi connectivity index (χ4v) is 2.75. The van der Waals surface area contributed by atoms with Crippen molar-refractivity contribution in [3.05, 3.63) is 69.8 Å². The maximum absolute atomic E-state index is 10.9. The summed E-state index contributed by atoms with van der Waals surface area (Å²) in [5.41, 5.74) is 1.52. The summed E-state index contributed by atoms with van der Waals surface area (Å²) in [5.74, 6) is -0.370. The van der Waals surface area contributed by atoms with E-state index in [1.165, 1.54) is 17.8 Å². The number of carboxylic acids is 1. The minimum Gasteiger partial charge on any atom is -0.481 e. The highest BCUT2D eigenvalue weighted by atomic mass is 32.2. The standard InChI is InChI=1S/C15H13NO4S/c17-15(18)9-11-5-7-13(8-6-11)21-10-12-3-1-2-4-14(12)16(19)20/h1-8H,9-10H2,(H,17,18). The van der Waals surface area contributed by atoms with Gasteiger partial charge in [-0.25, -0.2) is 0 Å². The summed E-state index contributed by atoms with van der Waals surface area (Å²) >= 11 is 1.48. The Morgan fingerprint density at radius 2 is 1.81 bits per heavy atom. The van der Waals surface area contributed by atoms with Crippen molar-refractivity contribution in [3.63, 3.8) is 0 Å². The fourth-order valence-electron chi connectivity index (χ4n) is 1.85. The second kappa shape index (κ2) is 6.90. The van der Waals surface area contributed by atoms with Gasteiger partial charge < -0.3 is 5.11 Å². The van der Waals surface area contributed by atoms with Gasteiger partial charge in [-0.15, -0.1) is 11.8 Å². The van der Waals surface area contributed by atoms with Crippen LogP contribution in [0.25, 0.3) is 0 Å². The molecule has 0 spiro atoms. The largest absolute Gasteiger partial charge is 0.481 e. The predicted molar refractivity (Wildman–Crippen MR) is 80.4 cm³/mol. The Bertz CT molecular complexity index is 655. The van der Waals surface area contributed by atoms with Crippen LogP contribution in [0.3, 0.4) is 0 Å². The van der Waals surface area contributed by atoms with Gasteiger partial charge in [0.05, 0.1) is 11.3 Å². The van der Waals surface area contributed by atoms with E-state index >= 15 is 0 Å². The molecule has 0 saturated carbocycles. The first-order chi connectivity index (χ1) is 10.1. The van der Waals surface area contributed by atoms with Crippen LogP contribution in [0.15, 0.2) is 53.4 Å². The monoisotopic (exact) mass is 303 g/mol. The molecule has 0 bridgehead atoms. The molecule has 0 amide bonds. The zero-order chi connectivity index (χ0) is 15.2. The molecule has 0 aliphatic rings. The third-order valence-corrected chi connectivity index (χ3v) is 3.92. The van der Waals surface area contributed by atoms with E-state index in [1.807, 2.05) is 12.1 Å². The number of hydrogen-bond donors (Lipinski definition) is 1. The summed E-state index contributed by atoms with van der Waals surface area (Å²) in [6.45, 7) is 0. The summed E-state index contributed by atoms with van der Waals surface area (Å²) in [6.07, 6.45) is -0.00486. The Morgan fingerprint density at radius 3 is 2.43 bits per heavy atom. The van der Waals surface area contributed by atoms with Gasteiger partial charge in [-0.2, -0.15) is 0 Å². The molecule has 2 aromatic rings. The van der Waals surface area contributed by atoms with Crippen molar-refractivity contribution >= 4 is 23.4 Å². The zero-order valence-corrected chi connectivity index (χ0v) is 11.9. The molecular formula is C15H13NO4S. The van der Waals surface area contributed by atoms with Crippen molar-refractivity contribution in [1.82, 2.24) is 0 Å². The third kappa shape index (κ3) is 4.32. The normalized spacial score (nSPS) is 10.3. The molecule has 5 nitrogen and oxygen atoms in total. The molecule has 108 valence electrons. The molecule has 21 heavy (non-hydrogen) atoms. The van der Waals surface area contributed by atoms with Gasteiger partial charge in [-0.3, -0.25) is 14.9 Å². The average Bonchev–Trinajstić information content (AvgIpc) is 2.46. The molecule has 0 aliphatic heterocycles. The molecule has 2 aromatic carbocycles. The number of benzene rings is 2. The minimum absolute atomic E-state index is 0.00486. The molecule has 6 heteroatoms. The van der Waals surface area contributed by atoms with E-state index < -0.39 is 5.97 Å². The lowest BCUT2D eigenvalue weighted by Gasteiger charge is -2.04. The summed E-state index contributed by atoms with van der Waals surface area (Å²) < 4.78 is 0. The second-order valence-corrected chi connectivity index (χ2v) is 5.44. The van der Waals surface area contributed by atoms with Crippen LogP contribution in [0.4, 0.5) is 5.69 Å². The van der Waals surface area contributed by atoms with Gasteiger partial charge in [-0.1, -0.05) is 30.3 Å². The van der Waals surface area contributed by atoms with Gasteiger partial charge >= 0.3 is 5.97 Å². The Morgan fingerprint density at radius 1 is 1.14 bits per heavy atom. The van der Waals surface area contributed by atoms with Gasteiger partial charge in [0.25, 0.3) is 5.69 Å². The lowest BCUT2D eigenvalue weighted by Crippen LogP contribution is -1.99. The number of hydrogen-bond acceptors (Lipinski definition) is 4. The SMILES string of the molecule is O=C(O)Cc1ccc(SCc2ccccc2[N+](=O)[O-])cc1. The van der Waals surface area contributed by atoms with Crippen molar-refractivity contribution in [2.45, 2.75) is 17.1 Å².